The van der Waals surface area contributed by atoms with Crippen molar-refractivity contribution in [1.29, 1.82) is 0 Å². The van der Waals surface area contributed by atoms with Crippen LogP contribution >= 0.6 is 0 Å². The predicted molar refractivity (Wildman–Crippen MR) is 124 cm³/mol. The molecule has 2 heterocycles. The minimum Gasteiger partial charge on any atom is -0.508 e. The van der Waals surface area contributed by atoms with Gasteiger partial charge in [0.1, 0.15) is 17.1 Å². The first kappa shape index (κ1) is 22.9. The van der Waals surface area contributed by atoms with Crippen molar-refractivity contribution in [2.45, 2.75) is 110 Å². The van der Waals surface area contributed by atoms with Crippen molar-refractivity contribution in [1.82, 2.24) is 0 Å². The molecule has 0 spiro atoms. The van der Waals surface area contributed by atoms with Gasteiger partial charge in [0.05, 0.1) is 11.7 Å². The van der Waals surface area contributed by atoms with Gasteiger partial charge in [-0.05, 0) is 116 Å². The van der Waals surface area contributed by atoms with Gasteiger partial charge in [-0.3, -0.25) is 0 Å². The molecule has 166 valence electrons. The average Bonchev–Trinajstić information content (AvgIpc) is 3.27. The Morgan fingerprint density at radius 2 is 1.77 bits per heavy atom. The van der Waals surface area contributed by atoms with Gasteiger partial charge in [-0.1, -0.05) is 23.3 Å². The molecule has 0 saturated carbocycles. The Kier molecular flexibility index (Phi) is 7.02. The van der Waals surface area contributed by atoms with Gasteiger partial charge in [0, 0.05) is 0 Å². The van der Waals surface area contributed by atoms with Crippen molar-refractivity contribution in [3.05, 3.63) is 46.6 Å². The van der Waals surface area contributed by atoms with E-state index in [0.29, 0.717) is 11.9 Å². The first-order valence-electron chi connectivity index (χ1n) is 11.6. The highest BCUT2D eigenvalue weighted by Gasteiger charge is 2.46. The second-order valence-corrected chi connectivity index (χ2v) is 10.2. The highest BCUT2D eigenvalue weighted by Crippen LogP contribution is 2.40. The summed E-state index contributed by atoms with van der Waals surface area (Å²) < 4.78 is 12.1. The lowest BCUT2D eigenvalue weighted by Crippen LogP contribution is -2.36. The monoisotopic (exact) mass is 412 g/mol. The van der Waals surface area contributed by atoms with E-state index < -0.39 is 0 Å². The first-order valence-corrected chi connectivity index (χ1v) is 11.6. The molecule has 1 fully saturated rings. The Bertz CT molecular complexity index is 818. The van der Waals surface area contributed by atoms with E-state index in [1.165, 1.54) is 11.1 Å². The number of phenolic OH excluding ortho intramolecular Hbond substituents is 1. The van der Waals surface area contributed by atoms with E-state index in [9.17, 15) is 5.11 Å². The molecular formula is C27H40O3. The molecule has 1 aromatic rings. The Hall–Kier alpha value is -1.74. The SMILES string of the molecule is CC(=CCCC1(C)CCc2cc(O)cc(C)c2O1)CCC=C(C)CCC1OC1(C)C. The molecule has 1 N–H and O–H groups in total. The van der Waals surface area contributed by atoms with Gasteiger partial charge in [0.25, 0.3) is 0 Å². The second kappa shape index (κ2) is 9.18. The van der Waals surface area contributed by atoms with E-state index in [1.54, 1.807) is 6.07 Å². The number of hydrogen-bond donors (Lipinski definition) is 1. The molecule has 3 rings (SSSR count). The minimum absolute atomic E-state index is 0.112. The van der Waals surface area contributed by atoms with Crippen LogP contribution in [0.3, 0.4) is 0 Å². The van der Waals surface area contributed by atoms with Crippen LogP contribution in [0, 0.1) is 6.92 Å². The topological polar surface area (TPSA) is 42.0 Å². The lowest BCUT2D eigenvalue weighted by molar-refractivity contribution is 0.0561. The van der Waals surface area contributed by atoms with E-state index in [-0.39, 0.29) is 11.2 Å². The lowest BCUT2D eigenvalue weighted by Gasteiger charge is -2.36. The summed E-state index contributed by atoms with van der Waals surface area (Å²) in [7, 11) is 0. The zero-order valence-corrected chi connectivity index (χ0v) is 19.8. The molecule has 0 amide bonds. The lowest BCUT2D eigenvalue weighted by atomic mass is 9.87. The number of aryl methyl sites for hydroxylation is 2. The Balaban J connectivity index is 1.40. The second-order valence-electron chi connectivity index (χ2n) is 10.2. The van der Waals surface area contributed by atoms with Gasteiger partial charge in [-0.2, -0.15) is 0 Å². The number of epoxide rings is 1. The summed E-state index contributed by atoms with van der Waals surface area (Å²) in [5.74, 6) is 1.31. The molecule has 30 heavy (non-hydrogen) atoms. The van der Waals surface area contributed by atoms with Crippen molar-refractivity contribution in [3.63, 3.8) is 0 Å². The van der Waals surface area contributed by atoms with Crippen LogP contribution in [0.2, 0.25) is 0 Å². The molecule has 3 heteroatoms. The number of rotatable bonds is 9. The Morgan fingerprint density at radius 1 is 1.10 bits per heavy atom. The fraction of sp³-hybridized carbons (Fsp3) is 0.630. The standard InChI is InChI=1S/C27H40O3/c1-19(9-7-10-20(2)12-13-24-26(4,5)29-24)11-8-15-27(6)16-14-22-18-23(28)17-21(3)25(22)30-27/h10-11,17-18,24,28H,7-9,12-16H2,1-6H3. The van der Waals surface area contributed by atoms with Gasteiger partial charge in [0.15, 0.2) is 0 Å². The number of phenols is 1. The number of hydrogen-bond acceptors (Lipinski definition) is 3. The maximum Gasteiger partial charge on any atom is 0.126 e. The molecule has 0 aliphatic carbocycles. The van der Waals surface area contributed by atoms with Crippen LogP contribution in [0.15, 0.2) is 35.4 Å². The Labute approximate surface area is 183 Å². The molecule has 2 atom stereocenters. The zero-order valence-electron chi connectivity index (χ0n) is 19.8. The fourth-order valence-electron chi connectivity index (χ4n) is 4.50. The molecule has 1 aromatic carbocycles. The van der Waals surface area contributed by atoms with Gasteiger partial charge in [-0.25, -0.2) is 0 Å². The first-order chi connectivity index (χ1) is 14.1. The van der Waals surface area contributed by atoms with Crippen LogP contribution in [0.4, 0.5) is 0 Å². The van der Waals surface area contributed by atoms with E-state index in [1.807, 2.05) is 13.0 Å². The van der Waals surface area contributed by atoms with Crippen molar-refractivity contribution in [2.24, 2.45) is 0 Å². The summed E-state index contributed by atoms with van der Waals surface area (Å²) in [6.45, 7) is 13.1. The summed E-state index contributed by atoms with van der Waals surface area (Å²) in [5.41, 5.74) is 5.10. The number of aromatic hydroxyl groups is 1. The number of allylic oxidation sites excluding steroid dienone is 4. The van der Waals surface area contributed by atoms with Crippen molar-refractivity contribution in [3.8, 4) is 11.5 Å². The number of ether oxygens (including phenoxy) is 2. The average molecular weight is 413 g/mol. The van der Waals surface area contributed by atoms with Crippen molar-refractivity contribution >= 4 is 0 Å². The quantitative estimate of drug-likeness (QED) is 0.344. The number of benzene rings is 1. The van der Waals surface area contributed by atoms with Crippen LogP contribution in [-0.4, -0.2) is 22.4 Å². The fourth-order valence-corrected chi connectivity index (χ4v) is 4.50. The van der Waals surface area contributed by atoms with Gasteiger partial charge in [-0.15, -0.1) is 0 Å². The van der Waals surface area contributed by atoms with Crippen LogP contribution in [-0.2, 0) is 11.2 Å². The Morgan fingerprint density at radius 3 is 2.47 bits per heavy atom. The normalized spacial score (nSPS) is 25.6. The third kappa shape index (κ3) is 6.14. The summed E-state index contributed by atoms with van der Waals surface area (Å²) in [6.07, 6.45) is 13.8. The highest BCUT2D eigenvalue weighted by atomic mass is 16.6. The van der Waals surface area contributed by atoms with Crippen LogP contribution < -0.4 is 4.74 Å². The van der Waals surface area contributed by atoms with Gasteiger partial charge < -0.3 is 14.6 Å². The van der Waals surface area contributed by atoms with Crippen molar-refractivity contribution in [2.75, 3.05) is 0 Å². The third-order valence-electron chi connectivity index (χ3n) is 6.77. The maximum absolute atomic E-state index is 9.81. The smallest absolute Gasteiger partial charge is 0.126 e. The van der Waals surface area contributed by atoms with Crippen LogP contribution in [0.1, 0.15) is 90.7 Å². The largest absolute Gasteiger partial charge is 0.508 e. The molecule has 2 aliphatic heterocycles. The van der Waals surface area contributed by atoms with E-state index in [2.05, 4.69) is 46.8 Å². The molecule has 0 radical (unpaired) electrons. The number of fused-ring (bicyclic) bond motifs is 1. The zero-order chi connectivity index (χ0) is 21.9. The minimum atomic E-state index is -0.124. The summed E-state index contributed by atoms with van der Waals surface area (Å²) in [5, 5.41) is 9.81. The summed E-state index contributed by atoms with van der Waals surface area (Å²) in [6, 6.07) is 3.64. The molecule has 2 aliphatic rings. The molecule has 3 nitrogen and oxygen atoms in total. The molecular weight excluding hydrogens is 372 g/mol. The van der Waals surface area contributed by atoms with E-state index in [4.69, 9.17) is 9.47 Å². The van der Waals surface area contributed by atoms with Crippen molar-refractivity contribution < 1.29 is 14.6 Å². The predicted octanol–water partition coefficient (Wildman–Crippen LogP) is 7.19. The molecule has 0 bridgehead atoms. The molecule has 0 aromatic heterocycles. The maximum atomic E-state index is 9.81. The van der Waals surface area contributed by atoms with Crippen LogP contribution in [0.5, 0.6) is 11.5 Å². The van der Waals surface area contributed by atoms with E-state index in [0.717, 1.165) is 68.2 Å². The summed E-state index contributed by atoms with van der Waals surface area (Å²) >= 11 is 0. The van der Waals surface area contributed by atoms with E-state index >= 15 is 0 Å². The molecule has 2 unspecified atom stereocenters. The third-order valence-corrected chi connectivity index (χ3v) is 6.77. The highest BCUT2D eigenvalue weighted by molar-refractivity contribution is 5.47. The van der Waals surface area contributed by atoms with Gasteiger partial charge in [0.2, 0.25) is 0 Å². The van der Waals surface area contributed by atoms with Crippen LogP contribution in [0.25, 0.3) is 0 Å². The summed E-state index contributed by atoms with van der Waals surface area (Å²) in [4.78, 5) is 0. The molecule has 1 saturated heterocycles. The van der Waals surface area contributed by atoms with Gasteiger partial charge >= 0.3 is 0 Å².